The highest BCUT2D eigenvalue weighted by molar-refractivity contribution is 4.93. The van der Waals surface area contributed by atoms with E-state index in [1.807, 2.05) is 0 Å². The molecule has 0 bridgehead atoms. The van der Waals surface area contributed by atoms with Gasteiger partial charge in [-0.15, -0.1) is 0 Å². The predicted octanol–water partition coefficient (Wildman–Crippen LogP) is -1.78. The Morgan fingerprint density at radius 3 is 2.94 bits per heavy atom. The summed E-state index contributed by atoms with van der Waals surface area (Å²) in [5, 5.41) is 18.7. The van der Waals surface area contributed by atoms with Gasteiger partial charge in [-0.1, -0.05) is 0 Å². The number of ether oxygens (including phenoxy) is 1. The number of H-pyrrole nitrogens is 1. The molecular weight excluding hydrogens is 228 g/mol. The summed E-state index contributed by atoms with van der Waals surface area (Å²) in [5.74, 6) is 0. The second-order valence-corrected chi connectivity index (χ2v) is 3.96. The lowest BCUT2D eigenvalue weighted by Gasteiger charge is -2.18. The molecule has 1 aromatic rings. The first-order valence-electron chi connectivity index (χ1n) is 5.35. The van der Waals surface area contributed by atoms with Crippen LogP contribution in [0.4, 0.5) is 0 Å². The minimum absolute atomic E-state index is 0.0883. The fraction of sp³-hybridized carbons (Fsp3) is 0.600. The SMILES string of the molecule is O=c1ccn([C@@H]2CO[C@H](CCO)[C@H]2O)c(=O)[nH]1. The summed E-state index contributed by atoms with van der Waals surface area (Å²) in [6, 6.07) is 0.684. The van der Waals surface area contributed by atoms with E-state index in [2.05, 4.69) is 4.98 Å². The highest BCUT2D eigenvalue weighted by Gasteiger charge is 2.36. The summed E-state index contributed by atoms with van der Waals surface area (Å²) in [6.45, 7) is 0.0900. The van der Waals surface area contributed by atoms with E-state index >= 15 is 0 Å². The van der Waals surface area contributed by atoms with Crippen LogP contribution in [0.2, 0.25) is 0 Å². The van der Waals surface area contributed by atoms with Crippen molar-refractivity contribution >= 4 is 0 Å². The number of aromatic nitrogens is 2. The Hall–Kier alpha value is -1.44. The number of aliphatic hydroxyl groups excluding tert-OH is 2. The molecule has 0 aliphatic carbocycles. The van der Waals surface area contributed by atoms with Gasteiger partial charge in [0.15, 0.2) is 0 Å². The normalized spacial score (nSPS) is 28.5. The molecule has 1 aliphatic rings. The van der Waals surface area contributed by atoms with Gasteiger partial charge in [-0.05, 0) is 6.42 Å². The van der Waals surface area contributed by atoms with Crippen LogP contribution < -0.4 is 11.2 Å². The quantitative estimate of drug-likeness (QED) is 0.581. The van der Waals surface area contributed by atoms with Crippen LogP contribution in [0.5, 0.6) is 0 Å². The maximum atomic E-state index is 11.5. The molecule has 1 aliphatic heterocycles. The third-order valence-electron chi connectivity index (χ3n) is 2.88. The van der Waals surface area contributed by atoms with Crippen molar-refractivity contribution in [2.45, 2.75) is 24.7 Å². The predicted molar refractivity (Wildman–Crippen MR) is 57.8 cm³/mol. The van der Waals surface area contributed by atoms with Crippen LogP contribution in [0.25, 0.3) is 0 Å². The second kappa shape index (κ2) is 4.82. The Balaban J connectivity index is 2.24. The molecule has 7 heteroatoms. The van der Waals surface area contributed by atoms with Gasteiger partial charge >= 0.3 is 5.69 Å². The largest absolute Gasteiger partial charge is 0.396 e. The molecule has 1 aromatic heterocycles. The molecule has 0 amide bonds. The summed E-state index contributed by atoms with van der Waals surface area (Å²) in [5.41, 5.74) is -1.05. The van der Waals surface area contributed by atoms with Gasteiger partial charge in [-0.25, -0.2) is 4.79 Å². The summed E-state index contributed by atoms with van der Waals surface area (Å²) in [6.07, 6.45) is 0.296. The van der Waals surface area contributed by atoms with E-state index in [0.29, 0.717) is 6.42 Å². The second-order valence-electron chi connectivity index (χ2n) is 3.96. The number of nitrogens with zero attached hydrogens (tertiary/aromatic N) is 1. The Morgan fingerprint density at radius 1 is 1.53 bits per heavy atom. The fourth-order valence-electron chi connectivity index (χ4n) is 1.98. The highest BCUT2D eigenvalue weighted by Crippen LogP contribution is 2.25. The first-order valence-corrected chi connectivity index (χ1v) is 5.35. The average Bonchev–Trinajstić information content (AvgIpc) is 2.62. The van der Waals surface area contributed by atoms with Gasteiger partial charge in [0.25, 0.3) is 5.56 Å². The van der Waals surface area contributed by atoms with Gasteiger partial charge in [-0.3, -0.25) is 14.3 Å². The molecule has 0 saturated carbocycles. The van der Waals surface area contributed by atoms with Gasteiger partial charge in [0.2, 0.25) is 0 Å². The molecule has 7 nitrogen and oxygen atoms in total. The fourth-order valence-corrected chi connectivity index (χ4v) is 1.98. The maximum Gasteiger partial charge on any atom is 0.328 e. The van der Waals surface area contributed by atoms with Crippen LogP contribution in [0.1, 0.15) is 12.5 Å². The van der Waals surface area contributed by atoms with E-state index in [9.17, 15) is 14.7 Å². The zero-order valence-electron chi connectivity index (χ0n) is 9.07. The van der Waals surface area contributed by atoms with Crippen LogP contribution in [0.3, 0.4) is 0 Å². The van der Waals surface area contributed by atoms with Crippen LogP contribution in [-0.4, -0.2) is 45.2 Å². The Morgan fingerprint density at radius 2 is 2.29 bits per heavy atom. The lowest BCUT2D eigenvalue weighted by molar-refractivity contribution is 0.0231. The van der Waals surface area contributed by atoms with E-state index in [4.69, 9.17) is 9.84 Å². The molecule has 0 radical (unpaired) electrons. The molecular formula is C10H14N2O5. The van der Waals surface area contributed by atoms with Gasteiger partial charge in [-0.2, -0.15) is 0 Å². The lowest BCUT2D eigenvalue weighted by atomic mass is 10.1. The van der Waals surface area contributed by atoms with Crippen LogP contribution >= 0.6 is 0 Å². The first-order chi connectivity index (χ1) is 8.13. The maximum absolute atomic E-state index is 11.5. The topological polar surface area (TPSA) is 105 Å². The van der Waals surface area contributed by atoms with E-state index in [-0.39, 0.29) is 13.2 Å². The zero-order chi connectivity index (χ0) is 12.4. The minimum atomic E-state index is -0.870. The molecule has 17 heavy (non-hydrogen) atoms. The summed E-state index contributed by atoms with van der Waals surface area (Å²) in [7, 11) is 0. The smallest absolute Gasteiger partial charge is 0.328 e. The number of aromatic amines is 1. The third-order valence-corrected chi connectivity index (χ3v) is 2.88. The first kappa shape index (κ1) is 12.0. The van der Waals surface area contributed by atoms with Crippen LogP contribution in [0, 0.1) is 0 Å². The van der Waals surface area contributed by atoms with Crippen molar-refractivity contribution in [3.8, 4) is 0 Å². The van der Waals surface area contributed by atoms with Gasteiger partial charge in [0.05, 0.1) is 18.8 Å². The van der Waals surface area contributed by atoms with Crippen molar-refractivity contribution in [3.05, 3.63) is 33.1 Å². The summed E-state index contributed by atoms with van der Waals surface area (Å²) < 4.78 is 6.54. The standard InChI is InChI=1S/C10H14N2O5/c13-4-2-7-9(15)6(5-17-7)12-3-1-8(14)11-10(12)16/h1,3,6-7,9,13,15H,2,4-5H2,(H,11,14,16)/t6-,7-,9+/m1/s1. The number of aliphatic hydroxyl groups is 2. The van der Waals surface area contributed by atoms with Gasteiger partial charge < -0.3 is 14.9 Å². The van der Waals surface area contributed by atoms with Crippen molar-refractivity contribution in [2.75, 3.05) is 13.2 Å². The highest BCUT2D eigenvalue weighted by atomic mass is 16.5. The molecule has 1 fully saturated rings. The van der Waals surface area contributed by atoms with Crippen molar-refractivity contribution in [3.63, 3.8) is 0 Å². The molecule has 0 aromatic carbocycles. The van der Waals surface area contributed by atoms with Gasteiger partial charge in [0.1, 0.15) is 6.10 Å². The van der Waals surface area contributed by atoms with Crippen LogP contribution in [-0.2, 0) is 4.74 Å². The number of rotatable bonds is 3. The number of nitrogens with one attached hydrogen (secondary N) is 1. The van der Waals surface area contributed by atoms with Crippen molar-refractivity contribution in [2.24, 2.45) is 0 Å². The van der Waals surface area contributed by atoms with Crippen molar-refractivity contribution in [1.82, 2.24) is 9.55 Å². The number of hydrogen-bond acceptors (Lipinski definition) is 5. The minimum Gasteiger partial charge on any atom is -0.396 e. The zero-order valence-corrected chi connectivity index (χ0v) is 9.07. The molecule has 1 saturated heterocycles. The average molecular weight is 242 g/mol. The molecule has 0 spiro atoms. The van der Waals surface area contributed by atoms with Gasteiger partial charge in [0, 0.05) is 18.9 Å². The summed E-state index contributed by atoms with van der Waals surface area (Å²) >= 11 is 0. The molecule has 3 atom stereocenters. The van der Waals surface area contributed by atoms with E-state index in [1.54, 1.807) is 0 Å². The third kappa shape index (κ3) is 2.31. The van der Waals surface area contributed by atoms with E-state index in [0.717, 1.165) is 0 Å². The van der Waals surface area contributed by atoms with E-state index < -0.39 is 29.5 Å². The molecule has 94 valence electrons. The van der Waals surface area contributed by atoms with Crippen LogP contribution in [0.15, 0.2) is 21.9 Å². The Bertz CT molecular complexity index is 494. The number of hydrogen-bond donors (Lipinski definition) is 3. The molecule has 2 heterocycles. The molecule has 0 unspecified atom stereocenters. The Kier molecular flexibility index (Phi) is 3.41. The monoisotopic (exact) mass is 242 g/mol. The van der Waals surface area contributed by atoms with Crippen molar-refractivity contribution in [1.29, 1.82) is 0 Å². The molecule has 3 N–H and O–H groups in total. The Labute approximate surface area is 96.3 Å². The van der Waals surface area contributed by atoms with E-state index in [1.165, 1.54) is 16.8 Å². The molecule has 2 rings (SSSR count). The summed E-state index contributed by atoms with van der Waals surface area (Å²) in [4.78, 5) is 24.6. The van der Waals surface area contributed by atoms with Crippen molar-refractivity contribution < 1.29 is 14.9 Å². The lowest BCUT2D eigenvalue weighted by Crippen LogP contribution is -2.37.